The van der Waals surface area contributed by atoms with Gasteiger partial charge in [0, 0.05) is 72.0 Å². The molecule has 1 aliphatic heterocycles. The molecule has 10 heteroatoms. The molecule has 4 rings (SSSR count). The molecule has 0 unspecified atom stereocenters. The minimum absolute atomic E-state index is 0.0103. The van der Waals surface area contributed by atoms with Crippen molar-refractivity contribution in [3.8, 4) is 11.5 Å². The smallest absolute Gasteiger partial charge is 0.409 e. The van der Waals surface area contributed by atoms with Gasteiger partial charge in [-0.05, 0) is 30.3 Å². The molecule has 0 bridgehead atoms. The Balaban J connectivity index is 1.76. The van der Waals surface area contributed by atoms with Gasteiger partial charge < -0.3 is 24.2 Å². The predicted octanol–water partition coefficient (Wildman–Crippen LogP) is 2.72. The quantitative estimate of drug-likeness (QED) is 0.519. The number of likely N-dealkylation sites (N-methyl/N-ethyl adjacent to an activating group) is 1. The molecule has 0 aromatic heterocycles. The summed E-state index contributed by atoms with van der Waals surface area (Å²) < 4.78 is 11.0. The first-order valence-electron chi connectivity index (χ1n) is 12.2. The Labute approximate surface area is 216 Å². The van der Waals surface area contributed by atoms with Gasteiger partial charge >= 0.3 is 12.2 Å². The zero-order chi connectivity index (χ0) is 26.9. The van der Waals surface area contributed by atoms with Crippen molar-refractivity contribution >= 4 is 23.8 Å². The summed E-state index contributed by atoms with van der Waals surface area (Å²) in [4.78, 5) is 59.3. The van der Waals surface area contributed by atoms with E-state index in [1.807, 2.05) is 0 Å². The Morgan fingerprint density at radius 3 is 1.95 bits per heavy atom. The zero-order valence-electron chi connectivity index (χ0n) is 21.9. The molecule has 2 aromatic carbocycles. The number of carbonyl (C=O) groups excluding carboxylic acids is 4. The third kappa shape index (κ3) is 5.35. The lowest BCUT2D eigenvalue weighted by molar-refractivity contribution is 0.0972. The molecule has 1 fully saturated rings. The van der Waals surface area contributed by atoms with Gasteiger partial charge in [-0.25, -0.2) is 9.59 Å². The third-order valence-corrected chi connectivity index (χ3v) is 6.57. The summed E-state index contributed by atoms with van der Waals surface area (Å²) in [6, 6.07) is 7.92. The Bertz CT molecular complexity index is 1250. The highest BCUT2D eigenvalue weighted by Gasteiger charge is 2.37. The number of ether oxygens (including phenoxy) is 2. The molecule has 1 aliphatic carbocycles. The van der Waals surface area contributed by atoms with Crippen LogP contribution in [-0.4, -0.2) is 104 Å². The molecular weight excluding hydrogens is 476 g/mol. The van der Waals surface area contributed by atoms with Crippen molar-refractivity contribution in [3.63, 3.8) is 0 Å². The Hall–Kier alpha value is -3.76. The molecule has 0 spiro atoms. The van der Waals surface area contributed by atoms with Gasteiger partial charge in [-0.2, -0.15) is 0 Å². The monoisotopic (exact) mass is 508 g/mol. The highest BCUT2D eigenvalue weighted by atomic mass is 16.6. The van der Waals surface area contributed by atoms with E-state index in [1.54, 1.807) is 18.2 Å². The predicted molar refractivity (Wildman–Crippen MR) is 137 cm³/mol. The first-order chi connectivity index (χ1) is 17.6. The van der Waals surface area contributed by atoms with Crippen molar-refractivity contribution in [2.75, 3.05) is 60.9 Å². The topological polar surface area (TPSA) is 99.7 Å². The van der Waals surface area contributed by atoms with Crippen LogP contribution in [0.1, 0.15) is 44.3 Å². The van der Waals surface area contributed by atoms with Crippen LogP contribution in [0, 0.1) is 0 Å². The van der Waals surface area contributed by atoms with Crippen LogP contribution in [0.2, 0.25) is 0 Å². The first-order valence-corrected chi connectivity index (χ1v) is 12.2. The maximum absolute atomic E-state index is 13.8. The van der Waals surface area contributed by atoms with Crippen LogP contribution in [0.4, 0.5) is 9.59 Å². The fraction of sp³-hybridized carbons (Fsp3) is 0.407. The fourth-order valence-corrected chi connectivity index (χ4v) is 4.46. The van der Waals surface area contributed by atoms with E-state index in [9.17, 15) is 19.2 Å². The number of fused-ring (bicyclic) bond motifs is 2. The molecule has 1 heterocycles. The second-order valence-electron chi connectivity index (χ2n) is 9.59. The fourth-order valence-electron chi connectivity index (χ4n) is 4.46. The van der Waals surface area contributed by atoms with Crippen LogP contribution in [-0.2, 0) is 6.54 Å². The lowest BCUT2D eigenvalue weighted by Crippen LogP contribution is -2.45. The van der Waals surface area contributed by atoms with Gasteiger partial charge in [0.15, 0.2) is 5.78 Å². The van der Waals surface area contributed by atoms with E-state index in [0.29, 0.717) is 6.54 Å². The normalized spacial score (nSPS) is 15.6. The van der Waals surface area contributed by atoms with Gasteiger partial charge in [-0.3, -0.25) is 14.5 Å². The Morgan fingerprint density at radius 1 is 0.784 bits per heavy atom. The molecule has 10 nitrogen and oxygen atoms in total. The van der Waals surface area contributed by atoms with E-state index in [0.717, 1.165) is 38.3 Å². The number of rotatable bonds is 5. The molecule has 2 amide bonds. The zero-order valence-corrected chi connectivity index (χ0v) is 21.9. The summed E-state index contributed by atoms with van der Waals surface area (Å²) in [7, 11) is 6.10. The van der Waals surface area contributed by atoms with E-state index >= 15 is 0 Å². The minimum Gasteiger partial charge on any atom is -0.409 e. The molecule has 196 valence electrons. The summed E-state index contributed by atoms with van der Waals surface area (Å²) in [5.41, 5.74) is 1.03. The highest BCUT2D eigenvalue weighted by Crippen LogP contribution is 2.38. The summed E-state index contributed by atoms with van der Waals surface area (Å²) in [5.74, 6) is -0.956. The molecule has 0 atom stereocenters. The van der Waals surface area contributed by atoms with Gasteiger partial charge in [0.2, 0.25) is 5.78 Å². The average molecular weight is 509 g/mol. The maximum Gasteiger partial charge on any atom is 0.414 e. The van der Waals surface area contributed by atoms with E-state index in [1.165, 1.54) is 50.1 Å². The van der Waals surface area contributed by atoms with Gasteiger partial charge in [-0.1, -0.05) is 19.1 Å². The van der Waals surface area contributed by atoms with Crippen LogP contribution >= 0.6 is 0 Å². The Morgan fingerprint density at radius 2 is 1.35 bits per heavy atom. The molecule has 2 aromatic rings. The SMILES string of the molecule is CCN1CCN(Cc2cc(OC(=O)N(C)C)c3c(c2)C(=O)c2cccc(OC(=O)N(C)C)c2C3=O)CC1. The van der Waals surface area contributed by atoms with Crippen LogP contribution in [0.15, 0.2) is 30.3 Å². The lowest BCUT2D eigenvalue weighted by atomic mass is 9.82. The number of benzene rings is 2. The van der Waals surface area contributed by atoms with Gasteiger partial charge in [0.25, 0.3) is 0 Å². The van der Waals surface area contributed by atoms with Crippen molar-refractivity contribution in [2.24, 2.45) is 0 Å². The number of ketones is 2. The second-order valence-corrected chi connectivity index (χ2v) is 9.59. The van der Waals surface area contributed by atoms with Crippen molar-refractivity contribution in [1.29, 1.82) is 0 Å². The standard InChI is InChI=1S/C27H32N4O6/c1-6-30-10-12-31(13-11-30)16-17-14-19-23(21(15-17)37-27(35)29(4)5)25(33)22-18(24(19)32)8-7-9-20(22)36-26(34)28(2)3/h7-9,14-15H,6,10-13,16H2,1-5H3. The maximum atomic E-state index is 13.8. The molecule has 2 aliphatic rings. The number of amides is 2. The molecule has 1 saturated heterocycles. The summed E-state index contributed by atoms with van der Waals surface area (Å²) in [6.45, 7) is 7.32. The van der Waals surface area contributed by atoms with E-state index in [4.69, 9.17) is 9.47 Å². The van der Waals surface area contributed by atoms with Gasteiger partial charge in [0.05, 0.1) is 11.1 Å². The van der Waals surface area contributed by atoms with Crippen LogP contribution < -0.4 is 9.47 Å². The Kier molecular flexibility index (Phi) is 7.60. The van der Waals surface area contributed by atoms with Crippen molar-refractivity contribution < 1.29 is 28.7 Å². The largest absolute Gasteiger partial charge is 0.414 e. The highest BCUT2D eigenvalue weighted by molar-refractivity contribution is 6.30. The van der Waals surface area contributed by atoms with Crippen LogP contribution in [0.25, 0.3) is 0 Å². The van der Waals surface area contributed by atoms with Crippen molar-refractivity contribution in [1.82, 2.24) is 19.6 Å². The first kappa shape index (κ1) is 26.3. The summed E-state index contributed by atoms with van der Waals surface area (Å²) in [6.07, 6.45) is -1.36. The van der Waals surface area contributed by atoms with E-state index in [2.05, 4.69) is 16.7 Å². The molecular formula is C27H32N4O6. The summed E-state index contributed by atoms with van der Waals surface area (Å²) in [5, 5.41) is 0. The number of nitrogens with zero attached hydrogens (tertiary/aromatic N) is 4. The van der Waals surface area contributed by atoms with Crippen molar-refractivity contribution in [2.45, 2.75) is 13.5 Å². The van der Waals surface area contributed by atoms with Crippen LogP contribution in [0.3, 0.4) is 0 Å². The third-order valence-electron chi connectivity index (χ3n) is 6.57. The number of piperazine rings is 1. The van der Waals surface area contributed by atoms with Crippen molar-refractivity contribution in [3.05, 3.63) is 58.1 Å². The summed E-state index contributed by atoms with van der Waals surface area (Å²) >= 11 is 0. The van der Waals surface area contributed by atoms with Gasteiger partial charge in [0.1, 0.15) is 11.5 Å². The minimum atomic E-state index is -0.683. The molecule has 37 heavy (non-hydrogen) atoms. The molecule has 0 radical (unpaired) electrons. The second kappa shape index (κ2) is 10.7. The van der Waals surface area contributed by atoms with E-state index < -0.39 is 23.8 Å². The number of hydrogen-bond acceptors (Lipinski definition) is 8. The van der Waals surface area contributed by atoms with E-state index in [-0.39, 0.29) is 33.8 Å². The lowest BCUT2D eigenvalue weighted by Gasteiger charge is -2.34. The van der Waals surface area contributed by atoms with Gasteiger partial charge in [-0.15, -0.1) is 0 Å². The molecule has 0 N–H and O–H groups in total. The van der Waals surface area contributed by atoms with Crippen LogP contribution in [0.5, 0.6) is 11.5 Å². The average Bonchev–Trinajstić information content (AvgIpc) is 2.87. The molecule has 0 saturated carbocycles. The number of hydrogen-bond donors (Lipinski definition) is 0. The number of carbonyl (C=O) groups is 4.